The first-order chi connectivity index (χ1) is 12.3. The molecule has 1 heterocycles. The molecule has 2 aromatic rings. The topological polar surface area (TPSA) is 50.8 Å². The van der Waals surface area contributed by atoms with Gasteiger partial charge in [0.15, 0.2) is 0 Å². The highest BCUT2D eigenvalue weighted by atomic mass is 16.5. The third kappa shape index (κ3) is 4.59. The molecule has 1 aliphatic rings. The van der Waals surface area contributed by atoms with Gasteiger partial charge in [-0.2, -0.15) is 0 Å². The van der Waals surface area contributed by atoms with Gasteiger partial charge in [-0.05, 0) is 29.8 Å². The molecule has 1 atom stereocenters. The molecule has 0 bridgehead atoms. The van der Waals surface area contributed by atoms with Gasteiger partial charge < -0.3 is 14.8 Å². The van der Waals surface area contributed by atoms with Crippen LogP contribution in [0.5, 0.6) is 5.75 Å². The molecule has 0 unspecified atom stereocenters. The summed E-state index contributed by atoms with van der Waals surface area (Å²) in [4.78, 5) is 14.7. The van der Waals surface area contributed by atoms with Crippen LogP contribution in [0.1, 0.15) is 22.0 Å². The summed E-state index contributed by atoms with van der Waals surface area (Å²) in [7, 11) is 1.66. The van der Waals surface area contributed by atoms with Gasteiger partial charge in [-0.25, -0.2) is 0 Å². The number of nitrogens with zero attached hydrogens (tertiary/aromatic N) is 1. The minimum atomic E-state index is -0.0487. The number of hydrogen-bond acceptors (Lipinski definition) is 4. The summed E-state index contributed by atoms with van der Waals surface area (Å²) >= 11 is 0. The summed E-state index contributed by atoms with van der Waals surface area (Å²) in [5, 5.41) is 3.07. The zero-order valence-electron chi connectivity index (χ0n) is 14.5. The number of rotatable bonds is 6. The number of carbonyl (C=O) groups excluding carboxylic acids is 1. The van der Waals surface area contributed by atoms with E-state index in [1.54, 1.807) is 7.11 Å². The zero-order valence-corrected chi connectivity index (χ0v) is 14.5. The van der Waals surface area contributed by atoms with E-state index in [0.29, 0.717) is 12.1 Å². The van der Waals surface area contributed by atoms with Crippen molar-refractivity contribution in [1.82, 2.24) is 10.2 Å². The minimum absolute atomic E-state index is 0.0487. The lowest BCUT2D eigenvalue weighted by molar-refractivity contribution is 0.0162. The van der Waals surface area contributed by atoms with Crippen LogP contribution in [0.15, 0.2) is 54.6 Å². The van der Waals surface area contributed by atoms with Crippen molar-refractivity contribution >= 4 is 5.91 Å². The summed E-state index contributed by atoms with van der Waals surface area (Å²) in [5.74, 6) is 0.783. The van der Waals surface area contributed by atoms with Crippen LogP contribution in [-0.2, 0) is 4.74 Å². The molecule has 0 saturated carbocycles. The molecular weight excluding hydrogens is 316 g/mol. The Labute approximate surface area is 148 Å². The molecule has 2 aromatic carbocycles. The van der Waals surface area contributed by atoms with Crippen LogP contribution in [0.4, 0.5) is 0 Å². The normalized spacial score (nSPS) is 16.2. The van der Waals surface area contributed by atoms with E-state index in [1.807, 2.05) is 42.5 Å². The van der Waals surface area contributed by atoms with E-state index in [2.05, 4.69) is 22.3 Å². The molecule has 1 saturated heterocycles. The summed E-state index contributed by atoms with van der Waals surface area (Å²) < 4.78 is 10.7. The van der Waals surface area contributed by atoms with Crippen LogP contribution in [-0.4, -0.2) is 50.8 Å². The molecule has 0 aromatic heterocycles. The largest absolute Gasteiger partial charge is 0.497 e. The third-order valence-electron chi connectivity index (χ3n) is 4.48. The van der Waals surface area contributed by atoms with E-state index in [9.17, 15) is 4.79 Å². The first-order valence-corrected chi connectivity index (χ1v) is 8.57. The summed E-state index contributed by atoms with van der Waals surface area (Å²) in [6.07, 6.45) is 0. The Kier molecular flexibility index (Phi) is 6.04. The maximum atomic E-state index is 12.4. The number of morpholine rings is 1. The Balaban J connectivity index is 1.72. The predicted molar refractivity (Wildman–Crippen MR) is 96.9 cm³/mol. The Bertz CT molecular complexity index is 667. The van der Waals surface area contributed by atoms with Gasteiger partial charge in [0.25, 0.3) is 5.91 Å². The maximum absolute atomic E-state index is 12.4. The molecule has 132 valence electrons. The number of nitrogens with one attached hydrogen (secondary N) is 1. The number of methoxy groups -OCH3 is 1. The van der Waals surface area contributed by atoms with Crippen LogP contribution in [0.25, 0.3) is 0 Å². The first-order valence-electron chi connectivity index (χ1n) is 8.57. The molecule has 1 amide bonds. The van der Waals surface area contributed by atoms with Crippen molar-refractivity contribution in [2.24, 2.45) is 0 Å². The van der Waals surface area contributed by atoms with E-state index < -0.39 is 0 Å². The van der Waals surface area contributed by atoms with Crippen LogP contribution >= 0.6 is 0 Å². The van der Waals surface area contributed by atoms with E-state index >= 15 is 0 Å². The number of hydrogen-bond donors (Lipinski definition) is 1. The van der Waals surface area contributed by atoms with Crippen molar-refractivity contribution in [2.45, 2.75) is 6.04 Å². The number of carbonyl (C=O) groups is 1. The highest BCUT2D eigenvalue weighted by molar-refractivity contribution is 5.94. The van der Waals surface area contributed by atoms with Gasteiger partial charge in [0, 0.05) is 25.2 Å². The second kappa shape index (κ2) is 8.65. The predicted octanol–water partition coefficient (Wildman–Crippen LogP) is 2.50. The van der Waals surface area contributed by atoms with Crippen molar-refractivity contribution in [2.75, 3.05) is 40.0 Å². The Hall–Kier alpha value is -2.37. The van der Waals surface area contributed by atoms with E-state index in [4.69, 9.17) is 9.47 Å². The molecule has 1 fully saturated rings. The summed E-state index contributed by atoms with van der Waals surface area (Å²) in [5.41, 5.74) is 1.84. The fourth-order valence-corrected chi connectivity index (χ4v) is 3.05. The Morgan fingerprint density at radius 3 is 2.44 bits per heavy atom. The van der Waals surface area contributed by atoms with Gasteiger partial charge in [0.05, 0.1) is 26.4 Å². The summed E-state index contributed by atoms with van der Waals surface area (Å²) in [6.45, 7) is 3.72. The number of benzene rings is 2. The minimum Gasteiger partial charge on any atom is -0.497 e. The SMILES string of the molecule is COc1ccc([C@H](CNC(=O)c2ccccc2)N2CCOCC2)cc1. The van der Waals surface area contributed by atoms with Crippen LogP contribution in [0, 0.1) is 0 Å². The Morgan fingerprint density at radius 2 is 1.80 bits per heavy atom. The van der Waals surface area contributed by atoms with Crippen molar-refractivity contribution in [1.29, 1.82) is 0 Å². The highest BCUT2D eigenvalue weighted by Gasteiger charge is 2.23. The van der Waals surface area contributed by atoms with Gasteiger partial charge in [-0.1, -0.05) is 30.3 Å². The molecular formula is C20H24N2O3. The van der Waals surface area contributed by atoms with Crippen LogP contribution in [0.2, 0.25) is 0 Å². The fraction of sp³-hybridized carbons (Fsp3) is 0.350. The number of ether oxygens (including phenoxy) is 2. The molecule has 1 N–H and O–H groups in total. The van der Waals surface area contributed by atoms with Crippen LogP contribution < -0.4 is 10.1 Å². The van der Waals surface area contributed by atoms with Crippen molar-refractivity contribution in [3.63, 3.8) is 0 Å². The lowest BCUT2D eigenvalue weighted by atomic mass is 10.0. The molecule has 5 heteroatoms. The fourth-order valence-electron chi connectivity index (χ4n) is 3.05. The van der Waals surface area contributed by atoms with Gasteiger partial charge in [0.1, 0.15) is 5.75 Å². The molecule has 0 radical (unpaired) electrons. The van der Waals surface area contributed by atoms with E-state index in [0.717, 1.165) is 37.6 Å². The van der Waals surface area contributed by atoms with Crippen LogP contribution in [0.3, 0.4) is 0 Å². The average Bonchev–Trinajstić information content (AvgIpc) is 2.70. The second-order valence-electron chi connectivity index (χ2n) is 6.01. The monoisotopic (exact) mass is 340 g/mol. The van der Waals surface area contributed by atoms with Gasteiger partial charge in [-0.3, -0.25) is 9.69 Å². The van der Waals surface area contributed by atoms with Crippen molar-refractivity contribution in [3.05, 3.63) is 65.7 Å². The van der Waals surface area contributed by atoms with Gasteiger partial charge >= 0.3 is 0 Å². The lowest BCUT2D eigenvalue weighted by Crippen LogP contribution is -2.43. The molecule has 0 spiro atoms. The highest BCUT2D eigenvalue weighted by Crippen LogP contribution is 2.23. The Morgan fingerprint density at radius 1 is 1.12 bits per heavy atom. The molecule has 3 rings (SSSR count). The average molecular weight is 340 g/mol. The standard InChI is InChI=1S/C20H24N2O3/c1-24-18-9-7-16(8-10-18)19(22-11-13-25-14-12-22)15-21-20(23)17-5-3-2-4-6-17/h2-10,19H,11-15H2,1H3,(H,21,23)/t19-/m0/s1. The third-order valence-corrected chi connectivity index (χ3v) is 4.48. The lowest BCUT2D eigenvalue weighted by Gasteiger charge is -2.35. The van der Waals surface area contributed by atoms with Gasteiger partial charge in [-0.15, -0.1) is 0 Å². The smallest absolute Gasteiger partial charge is 0.251 e. The van der Waals surface area contributed by atoms with E-state index in [1.165, 1.54) is 0 Å². The van der Waals surface area contributed by atoms with Gasteiger partial charge in [0.2, 0.25) is 0 Å². The van der Waals surface area contributed by atoms with E-state index in [-0.39, 0.29) is 11.9 Å². The first kappa shape index (κ1) is 17.5. The summed E-state index contributed by atoms with van der Waals surface area (Å²) in [6, 6.07) is 17.5. The van der Waals surface area contributed by atoms with Crippen molar-refractivity contribution in [3.8, 4) is 5.75 Å². The second-order valence-corrected chi connectivity index (χ2v) is 6.01. The van der Waals surface area contributed by atoms with Crippen molar-refractivity contribution < 1.29 is 14.3 Å². The zero-order chi connectivity index (χ0) is 17.5. The number of amides is 1. The molecule has 1 aliphatic heterocycles. The molecule has 25 heavy (non-hydrogen) atoms. The quantitative estimate of drug-likeness (QED) is 0.878. The maximum Gasteiger partial charge on any atom is 0.251 e. The molecule has 0 aliphatic carbocycles. The molecule has 5 nitrogen and oxygen atoms in total.